The maximum absolute atomic E-state index is 13.4. The number of nitrogens with one attached hydrogen (secondary N) is 1. The van der Waals surface area contributed by atoms with E-state index < -0.39 is 0 Å². The van der Waals surface area contributed by atoms with Gasteiger partial charge in [0.1, 0.15) is 0 Å². The van der Waals surface area contributed by atoms with Crippen LogP contribution in [0.1, 0.15) is 80.7 Å². The summed E-state index contributed by atoms with van der Waals surface area (Å²) < 4.78 is 0. The molecule has 0 saturated heterocycles. The molecule has 1 N–H and O–H groups in total. The summed E-state index contributed by atoms with van der Waals surface area (Å²) in [6, 6.07) is 29.9. The Labute approximate surface area is 211 Å². The smallest absolute Gasteiger partial charge is 0.224 e. The van der Waals surface area contributed by atoms with Crippen molar-refractivity contribution in [1.29, 1.82) is 0 Å². The summed E-state index contributed by atoms with van der Waals surface area (Å²) in [5.74, 6) is 0.501. The fourth-order valence-electron chi connectivity index (χ4n) is 5.45. The van der Waals surface area contributed by atoms with E-state index in [2.05, 4.69) is 105 Å². The van der Waals surface area contributed by atoms with E-state index in [1.54, 1.807) is 0 Å². The maximum atomic E-state index is 13.4. The highest BCUT2D eigenvalue weighted by Gasteiger charge is 2.33. The van der Waals surface area contributed by atoms with Gasteiger partial charge in [0.25, 0.3) is 0 Å². The van der Waals surface area contributed by atoms with Crippen LogP contribution in [0.2, 0.25) is 0 Å². The van der Waals surface area contributed by atoms with Crippen molar-refractivity contribution in [3.8, 4) is 0 Å². The number of amides is 1. The Morgan fingerprint density at radius 2 is 1.60 bits per heavy atom. The van der Waals surface area contributed by atoms with Crippen molar-refractivity contribution >= 4 is 5.91 Å². The lowest BCUT2D eigenvalue weighted by molar-refractivity contribution is -0.127. The Bertz CT molecular complexity index is 1090. The number of hydrogen-bond acceptors (Lipinski definition) is 2. The molecule has 1 fully saturated rings. The Morgan fingerprint density at radius 3 is 2.31 bits per heavy atom. The van der Waals surface area contributed by atoms with Crippen molar-refractivity contribution in [3.05, 3.63) is 107 Å². The van der Waals surface area contributed by atoms with Crippen LogP contribution in [-0.4, -0.2) is 17.9 Å². The Kier molecular flexibility index (Phi) is 8.07. The van der Waals surface area contributed by atoms with E-state index in [-0.39, 0.29) is 29.3 Å². The minimum atomic E-state index is -0.0713. The van der Waals surface area contributed by atoms with E-state index in [0.29, 0.717) is 0 Å². The quantitative estimate of drug-likeness (QED) is 0.379. The molecule has 1 amide bonds. The van der Waals surface area contributed by atoms with Crippen molar-refractivity contribution < 1.29 is 4.79 Å². The highest BCUT2D eigenvalue weighted by Crippen LogP contribution is 2.39. The van der Waals surface area contributed by atoms with Crippen LogP contribution in [0.3, 0.4) is 0 Å². The number of nitrogens with zero attached hydrogens (tertiary/aromatic N) is 1. The molecule has 1 aliphatic rings. The SMILES string of the molecule is C[C@H](NC(=O)[C@H]1CCCC[C@@H]1c1cccc(CN(C)C(C)(C)c2ccccc2)c1)c1ccccc1. The molecule has 4 rings (SSSR count). The van der Waals surface area contributed by atoms with Gasteiger partial charge < -0.3 is 5.32 Å². The zero-order valence-corrected chi connectivity index (χ0v) is 21.7. The predicted octanol–water partition coefficient (Wildman–Crippen LogP) is 7.20. The predicted molar refractivity (Wildman–Crippen MR) is 145 cm³/mol. The van der Waals surface area contributed by atoms with Gasteiger partial charge in [0.05, 0.1) is 6.04 Å². The molecule has 3 nitrogen and oxygen atoms in total. The number of carbonyl (C=O) groups excluding carboxylic acids is 1. The van der Waals surface area contributed by atoms with Crippen LogP contribution in [0, 0.1) is 5.92 Å². The molecule has 0 radical (unpaired) electrons. The maximum Gasteiger partial charge on any atom is 0.224 e. The van der Waals surface area contributed by atoms with E-state index in [1.807, 2.05) is 18.2 Å². The molecule has 1 saturated carbocycles. The van der Waals surface area contributed by atoms with Gasteiger partial charge >= 0.3 is 0 Å². The third-order valence-corrected chi connectivity index (χ3v) is 7.99. The van der Waals surface area contributed by atoms with Crippen molar-refractivity contribution in [2.24, 2.45) is 5.92 Å². The number of rotatable bonds is 8. The van der Waals surface area contributed by atoms with Crippen molar-refractivity contribution in [3.63, 3.8) is 0 Å². The molecule has 3 aromatic carbocycles. The summed E-state index contributed by atoms with van der Waals surface area (Å²) in [4.78, 5) is 15.8. The highest BCUT2D eigenvalue weighted by atomic mass is 16.2. The molecule has 0 heterocycles. The van der Waals surface area contributed by atoms with Gasteiger partial charge in [-0.05, 0) is 68.8 Å². The van der Waals surface area contributed by atoms with Gasteiger partial charge in [0.15, 0.2) is 0 Å². The summed E-state index contributed by atoms with van der Waals surface area (Å²) in [7, 11) is 2.20. The summed E-state index contributed by atoms with van der Waals surface area (Å²) in [5.41, 5.74) is 5.00. The molecule has 184 valence electrons. The average molecular weight is 469 g/mol. The lowest BCUT2D eigenvalue weighted by atomic mass is 9.74. The molecule has 0 bridgehead atoms. The monoisotopic (exact) mass is 468 g/mol. The van der Waals surface area contributed by atoms with Crippen molar-refractivity contribution in [1.82, 2.24) is 10.2 Å². The van der Waals surface area contributed by atoms with Gasteiger partial charge in [0.2, 0.25) is 5.91 Å². The van der Waals surface area contributed by atoms with Gasteiger partial charge in [-0.2, -0.15) is 0 Å². The first-order valence-electron chi connectivity index (χ1n) is 13.1. The Hall–Kier alpha value is -2.91. The fourth-order valence-corrected chi connectivity index (χ4v) is 5.45. The summed E-state index contributed by atoms with van der Waals surface area (Å²) in [6.07, 6.45) is 4.35. The molecule has 0 aromatic heterocycles. The first-order valence-corrected chi connectivity index (χ1v) is 13.1. The molecule has 3 atom stereocenters. The van der Waals surface area contributed by atoms with E-state index in [9.17, 15) is 4.79 Å². The first kappa shape index (κ1) is 25.2. The molecule has 3 aromatic rings. The number of benzene rings is 3. The molecule has 1 aliphatic carbocycles. The van der Waals surface area contributed by atoms with E-state index in [1.165, 1.54) is 23.1 Å². The summed E-state index contributed by atoms with van der Waals surface area (Å²) in [6.45, 7) is 7.50. The Morgan fingerprint density at radius 1 is 0.943 bits per heavy atom. The van der Waals surface area contributed by atoms with E-state index in [0.717, 1.165) is 31.4 Å². The van der Waals surface area contributed by atoms with Crippen LogP contribution in [0.25, 0.3) is 0 Å². The topological polar surface area (TPSA) is 32.3 Å². The third kappa shape index (κ3) is 6.02. The second-order valence-electron chi connectivity index (χ2n) is 10.7. The molecular formula is C32H40N2O. The standard InChI is InChI=1S/C32H40N2O/c1-24(26-15-7-5-8-16-26)33-31(35)30-21-12-11-20-29(30)27-17-13-14-25(22-27)23-34(4)32(2,3)28-18-9-6-10-19-28/h5-10,13-19,22,24,29-30H,11-12,20-21,23H2,1-4H3,(H,33,35)/t24-,29+,30-/m0/s1. The van der Waals surface area contributed by atoms with Crippen LogP contribution < -0.4 is 5.32 Å². The lowest BCUT2D eigenvalue weighted by Gasteiger charge is -2.36. The van der Waals surface area contributed by atoms with Crippen LogP contribution >= 0.6 is 0 Å². The van der Waals surface area contributed by atoms with Gasteiger partial charge in [-0.25, -0.2) is 0 Å². The van der Waals surface area contributed by atoms with Gasteiger partial charge in [-0.3, -0.25) is 9.69 Å². The van der Waals surface area contributed by atoms with E-state index >= 15 is 0 Å². The summed E-state index contributed by atoms with van der Waals surface area (Å²) in [5, 5.41) is 3.30. The largest absolute Gasteiger partial charge is 0.349 e. The second-order valence-corrected chi connectivity index (χ2v) is 10.7. The number of hydrogen-bond donors (Lipinski definition) is 1. The first-order chi connectivity index (χ1) is 16.9. The average Bonchev–Trinajstić information content (AvgIpc) is 2.89. The highest BCUT2D eigenvalue weighted by molar-refractivity contribution is 5.80. The molecular weight excluding hydrogens is 428 g/mol. The molecule has 0 aliphatic heterocycles. The van der Waals surface area contributed by atoms with E-state index in [4.69, 9.17) is 0 Å². The zero-order chi connectivity index (χ0) is 24.8. The van der Waals surface area contributed by atoms with Crippen LogP contribution in [-0.2, 0) is 16.9 Å². The molecule has 35 heavy (non-hydrogen) atoms. The third-order valence-electron chi connectivity index (χ3n) is 7.99. The zero-order valence-electron chi connectivity index (χ0n) is 21.7. The lowest BCUT2D eigenvalue weighted by Crippen LogP contribution is -2.38. The van der Waals surface area contributed by atoms with Crippen LogP contribution in [0.4, 0.5) is 0 Å². The second kappa shape index (κ2) is 11.2. The minimum Gasteiger partial charge on any atom is -0.349 e. The van der Waals surface area contributed by atoms with Gasteiger partial charge in [0, 0.05) is 18.0 Å². The normalized spacial score (nSPS) is 19.3. The van der Waals surface area contributed by atoms with Gasteiger partial charge in [-0.1, -0.05) is 97.8 Å². The van der Waals surface area contributed by atoms with Crippen LogP contribution in [0.5, 0.6) is 0 Å². The molecule has 3 heteroatoms. The van der Waals surface area contributed by atoms with Crippen LogP contribution in [0.15, 0.2) is 84.9 Å². The minimum absolute atomic E-state index is 0.0199. The summed E-state index contributed by atoms with van der Waals surface area (Å²) >= 11 is 0. The van der Waals surface area contributed by atoms with Crippen molar-refractivity contribution in [2.75, 3.05) is 7.05 Å². The fraction of sp³-hybridized carbons (Fsp3) is 0.406. The number of carbonyl (C=O) groups is 1. The molecule has 0 spiro atoms. The van der Waals surface area contributed by atoms with Gasteiger partial charge in [-0.15, -0.1) is 0 Å². The molecule has 0 unspecified atom stereocenters. The Balaban J connectivity index is 1.48. The van der Waals surface area contributed by atoms with Crippen molar-refractivity contribution in [2.45, 2.75) is 70.5 Å².